The van der Waals surface area contributed by atoms with Gasteiger partial charge >= 0.3 is 0 Å². The van der Waals surface area contributed by atoms with E-state index in [2.05, 4.69) is 203 Å². The van der Waals surface area contributed by atoms with Crippen LogP contribution in [0.25, 0.3) is 98.7 Å². The highest BCUT2D eigenvalue weighted by Gasteiger charge is 2.18. The van der Waals surface area contributed by atoms with Crippen molar-refractivity contribution >= 4 is 65.0 Å². The molecule has 2 nitrogen and oxygen atoms in total. The minimum Gasteiger partial charge on any atom is -0.316 e. The van der Waals surface area contributed by atoms with Crippen LogP contribution in [0.3, 0.4) is 0 Å². The van der Waals surface area contributed by atoms with Crippen LogP contribution in [0, 0.1) is 0 Å². The van der Waals surface area contributed by atoms with Gasteiger partial charge in [-0.2, -0.15) is 0 Å². The molecule has 0 aliphatic carbocycles. The monoisotopic (exact) mass is 660 g/mol. The lowest BCUT2D eigenvalue weighted by Crippen LogP contribution is -1.95. The minimum absolute atomic E-state index is 1.15. The molecule has 0 aliphatic heterocycles. The predicted molar refractivity (Wildman–Crippen MR) is 221 cm³/mol. The third-order valence-corrected chi connectivity index (χ3v) is 10.9. The molecule has 2 heterocycles. The summed E-state index contributed by atoms with van der Waals surface area (Å²) in [6.07, 6.45) is 2.21. The van der Waals surface area contributed by atoms with Crippen LogP contribution in [0.2, 0.25) is 0 Å². The number of hydrogen-bond donors (Lipinski definition) is 0. The van der Waals surface area contributed by atoms with Gasteiger partial charge in [0.1, 0.15) is 0 Å². The van der Waals surface area contributed by atoms with Gasteiger partial charge in [-0.05, 0) is 103 Å². The second kappa shape index (κ2) is 11.3. The lowest BCUT2D eigenvalue weighted by atomic mass is 9.92. The summed E-state index contributed by atoms with van der Waals surface area (Å²) in [5.74, 6) is 0. The van der Waals surface area contributed by atoms with E-state index in [1.165, 1.54) is 87.3 Å². The van der Waals surface area contributed by atoms with Gasteiger partial charge in [0, 0.05) is 33.7 Å². The summed E-state index contributed by atoms with van der Waals surface area (Å²) in [7, 11) is 0. The number of rotatable bonds is 4. The van der Waals surface area contributed by atoms with E-state index < -0.39 is 0 Å². The van der Waals surface area contributed by atoms with Crippen LogP contribution in [-0.2, 0) is 0 Å². The first-order valence-corrected chi connectivity index (χ1v) is 17.9. The SMILES string of the molecule is c1ccc(-c2ccc(-n3ccc4c3ccc3c5ccccc5n(-c5cccc(-c6ccc7c8ccccc8c8ccccc8c7c6)c5)c34)cc2)cc1. The van der Waals surface area contributed by atoms with Gasteiger partial charge in [0.15, 0.2) is 0 Å². The van der Waals surface area contributed by atoms with E-state index in [0.29, 0.717) is 0 Å². The molecule has 2 aromatic heterocycles. The summed E-state index contributed by atoms with van der Waals surface area (Å²) >= 11 is 0. The fourth-order valence-corrected chi connectivity index (χ4v) is 8.53. The Morgan fingerprint density at radius 2 is 0.827 bits per heavy atom. The maximum atomic E-state index is 2.46. The zero-order chi connectivity index (χ0) is 34.2. The smallest absolute Gasteiger partial charge is 0.0635 e. The summed E-state index contributed by atoms with van der Waals surface area (Å²) in [4.78, 5) is 0. The fraction of sp³-hybridized carbons (Fsp3) is 0. The van der Waals surface area contributed by atoms with Crippen molar-refractivity contribution in [3.63, 3.8) is 0 Å². The normalized spacial score (nSPS) is 11.8. The van der Waals surface area contributed by atoms with Crippen molar-refractivity contribution < 1.29 is 0 Å². The molecule has 0 fully saturated rings. The molecule has 11 rings (SSSR count). The van der Waals surface area contributed by atoms with E-state index in [1.807, 2.05) is 0 Å². The van der Waals surface area contributed by atoms with Gasteiger partial charge in [0.05, 0.1) is 16.6 Å². The van der Waals surface area contributed by atoms with Crippen molar-refractivity contribution in [1.29, 1.82) is 0 Å². The van der Waals surface area contributed by atoms with Crippen LogP contribution in [-0.4, -0.2) is 9.13 Å². The zero-order valence-electron chi connectivity index (χ0n) is 28.4. The molecule has 242 valence electrons. The van der Waals surface area contributed by atoms with Crippen molar-refractivity contribution in [1.82, 2.24) is 9.13 Å². The second-order valence-electron chi connectivity index (χ2n) is 13.7. The van der Waals surface area contributed by atoms with E-state index >= 15 is 0 Å². The molecule has 0 saturated carbocycles. The first-order valence-electron chi connectivity index (χ1n) is 17.9. The summed E-state index contributed by atoms with van der Waals surface area (Å²) in [5, 5.41) is 11.5. The second-order valence-corrected chi connectivity index (χ2v) is 13.7. The van der Waals surface area contributed by atoms with E-state index in [1.54, 1.807) is 0 Å². The molecule has 0 N–H and O–H groups in total. The number of fused-ring (bicyclic) bond motifs is 11. The Hall–Kier alpha value is -6.90. The molecule has 9 aromatic carbocycles. The molecule has 0 bridgehead atoms. The first-order chi connectivity index (χ1) is 25.8. The molecule has 0 spiro atoms. The molecule has 0 atom stereocenters. The lowest BCUT2D eigenvalue weighted by molar-refractivity contribution is 1.13. The van der Waals surface area contributed by atoms with Gasteiger partial charge in [-0.1, -0.05) is 140 Å². The highest BCUT2D eigenvalue weighted by Crippen LogP contribution is 2.40. The number of nitrogens with zero attached hydrogens (tertiary/aromatic N) is 2. The Labute approximate surface area is 301 Å². The van der Waals surface area contributed by atoms with Crippen molar-refractivity contribution in [2.75, 3.05) is 0 Å². The van der Waals surface area contributed by atoms with Crippen LogP contribution < -0.4 is 0 Å². The molecule has 52 heavy (non-hydrogen) atoms. The molecule has 11 aromatic rings. The Morgan fingerprint density at radius 3 is 1.58 bits per heavy atom. The van der Waals surface area contributed by atoms with Crippen LogP contribution in [0.5, 0.6) is 0 Å². The summed E-state index contributed by atoms with van der Waals surface area (Å²) in [6, 6.07) is 68.7. The number of benzene rings is 9. The topological polar surface area (TPSA) is 9.86 Å². The van der Waals surface area contributed by atoms with Gasteiger partial charge < -0.3 is 9.13 Å². The molecule has 0 amide bonds. The van der Waals surface area contributed by atoms with E-state index in [4.69, 9.17) is 0 Å². The maximum Gasteiger partial charge on any atom is 0.0635 e. The molecular weight excluding hydrogens is 629 g/mol. The van der Waals surface area contributed by atoms with Gasteiger partial charge in [0.25, 0.3) is 0 Å². The highest BCUT2D eigenvalue weighted by atomic mass is 15.0. The first kappa shape index (κ1) is 28.9. The van der Waals surface area contributed by atoms with Crippen LogP contribution >= 0.6 is 0 Å². The van der Waals surface area contributed by atoms with Crippen LogP contribution in [0.1, 0.15) is 0 Å². The quantitative estimate of drug-likeness (QED) is 0.166. The van der Waals surface area contributed by atoms with Crippen molar-refractivity contribution in [2.45, 2.75) is 0 Å². The molecule has 0 aliphatic rings. The Bertz CT molecular complexity index is 3130. The lowest BCUT2D eigenvalue weighted by Gasteiger charge is -2.14. The van der Waals surface area contributed by atoms with Gasteiger partial charge in [-0.25, -0.2) is 0 Å². The van der Waals surface area contributed by atoms with Crippen molar-refractivity contribution in [3.05, 3.63) is 194 Å². The van der Waals surface area contributed by atoms with E-state index in [0.717, 1.165) is 11.4 Å². The Morgan fingerprint density at radius 1 is 0.269 bits per heavy atom. The number of para-hydroxylation sites is 1. The van der Waals surface area contributed by atoms with Gasteiger partial charge in [0.2, 0.25) is 0 Å². The largest absolute Gasteiger partial charge is 0.316 e. The average molecular weight is 661 g/mol. The third-order valence-electron chi connectivity index (χ3n) is 10.9. The number of aromatic nitrogens is 2. The Kier molecular flexibility index (Phi) is 6.28. The maximum absolute atomic E-state index is 2.46. The molecule has 0 radical (unpaired) electrons. The van der Waals surface area contributed by atoms with Crippen LogP contribution in [0.4, 0.5) is 0 Å². The van der Waals surface area contributed by atoms with Gasteiger partial charge in [-0.3, -0.25) is 0 Å². The Balaban J connectivity index is 1.09. The molecule has 2 heteroatoms. The molecule has 0 saturated heterocycles. The van der Waals surface area contributed by atoms with E-state index in [9.17, 15) is 0 Å². The molecular formula is C50H32N2. The fourth-order valence-electron chi connectivity index (χ4n) is 8.53. The van der Waals surface area contributed by atoms with Gasteiger partial charge in [-0.15, -0.1) is 0 Å². The van der Waals surface area contributed by atoms with E-state index in [-0.39, 0.29) is 0 Å². The standard InChI is InChI=1S/C50H32N2/c1-2-11-33(12-3-1)34-21-24-37(25-22-34)51-30-29-46-48(51)28-27-45-44-19-8-9-20-49(44)52(50(45)46)38-14-10-13-35(31-38)36-23-26-43-41-17-5-4-15-39(41)40-16-6-7-18-42(40)47(43)32-36/h1-32H. The zero-order valence-corrected chi connectivity index (χ0v) is 28.4. The average Bonchev–Trinajstić information content (AvgIpc) is 3.81. The van der Waals surface area contributed by atoms with Crippen LogP contribution in [0.15, 0.2) is 194 Å². The van der Waals surface area contributed by atoms with Crippen molar-refractivity contribution in [2.24, 2.45) is 0 Å². The minimum atomic E-state index is 1.15. The highest BCUT2D eigenvalue weighted by molar-refractivity contribution is 6.26. The van der Waals surface area contributed by atoms with Crippen molar-refractivity contribution in [3.8, 4) is 33.6 Å². The summed E-state index contributed by atoms with van der Waals surface area (Å²) in [5.41, 5.74) is 10.8. The third kappa shape index (κ3) is 4.31. The summed E-state index contributed by atoms with van der Waals surface area (Å²) < 4.78 is 4.77. The summed E-state index contributed by atoms with van der Waals surface area (Å²) in [6.45, 7) is 0. The predicted octanol–water partition coefficient (Wildman–Crippen LogP) is 13.5. The number of hydrogen-bond acceptors (Lipinski definition) is 0. The molecule has 0 unspecified atom stereocenters.